The van der Waals surface area contributed by atoms with Crippen molar-refractivity contribution in [1.82, 2.24) is 9.97 Å². The number of benzene rings is 1. The van der Waals surface area contributed by atoms with E-state index in [1.807, 2.05) is 0 Å². The van der Waals surface area contributed by atoms with Gasteiger partial charge in [0.2, 0.25) is 5.91 Å². The molecule has 2 heterocycles. The lowest BCUT2D eigenvalue weighted by molar-refractivity contribution is -0.133. The number of ether oxygens (including phenoxy) is 1. The summed E-state index contributed by atoms with van der Waals surface area (Å²) in [6.07, 6.45) is 2.20. The Bertz CT molecular complexity index is 1060. The van der Waals surface area contributed by atoms with Gasteiger partial charge in [-0.05, 0) is 45.0 Å². The van der Waals surface area contributed by atoms with Gasteiger partial charge in [0.05, 0.1) is 40.3 Å². The second-order valence-corrected chi connectivity index (χ2v) is 8.89. The van der Waals surface area contributed by atoms with E-state index < -0.39 is 35.0 Å². The molecule has 1 saturated heterocycles. The lowest BCUT2D eigenvalue weighted by Gasteiger charge is -2.55. The number of allylic oxidation sites excluding steroid dienone is 2. The van der Waals surface area contributed by atoms with Crippen LogP contribution in [0, 0.1) is 11.3 Å². The zero-order valence-electron chi connectivity index (χ0n) is 17.3. The molecule has 1 amide bonds. The van der Waals surface area contributed by atoms with E-state index in [0.717, 1.165) is 17.1 Å². The summed E-state index contributed by atoms with van der Waals surface area (Å²) in [4.78, 5) is 21.3. The average molecular weight is 417 g/mol. The van der Waals surface area contributed by atoms with E-state index >= 15 is 8.78 Å². The highest BCUT2D eigenvalue weighted by molar-refractivity contribution is 6.04. The zero-order valence-corrected chi connectivity index (χ0v) is 17.3. The number of imidazole rings is 1. The fourth-order valence-corrected chi connectivity index (χ4v) is 4.21. The highest BCUT2D eigenvalue weighted by Crippen LogP contribution is 2.52. The molecule has 1 aliphatic carbocycles. The second-order valence-electron chi connectivity index (χ2n) is 8.89. The van der Waals surface area contributed by atoms with Crippen molar-refractivity contribution in [2.75, 3.05) is 11.5 Å². The number of aliphatic hydroxyl groups is 1. The van der Waals surface area contributed by atoms with Crippen molar-refractivity contribution in [3.05, 3.63) is 48.3 Å². The lowest BCUT2D eigenvalue weighted by atomic mass is 9.65. The third-order valence-electron chi connectivity index (χ3n) is 5.93. The van der Waals surface area contributed by atoms with Crippen molar-refractivity contribution in [3.63, 3.8) is 0 Å². The molecule has 30 heavy (non-hydrogen) atoms. The Labute approximate surface area is 173 Å². The molecule has 0 spiro atoms. The molecule has 4 rings (SSSR count). The number of nitrogens with zero attached hydrogens (tertiary/aromatic N) is 2. The van der Waals surface area contributed by atoms with E-state index in [1.54, 1.807) is 45.3 Å². The molecule has 8 heteroatoms. The van der Waals surface area contributed by atoms with Crippen LogP contribution < -0.4 is 4.90 Å². The Morgan fingerprint density at radius 3 is 2.80 bits per heavy atom. The molecule has 1 aromatic heterocycles. The van der Waals surface area contributed by atoms with Gasteiger partial charge >= 0.3 is 0 Å². The number of H-pyrrole nitrogens is 1. The predicted molar refractivity (Wildman–Crippen MR) is 109 cm³/mol. The summed E-state index contributed by atoms with van der Waals surface area (Å²) in [7, 11) is 0. The zero-order chi connectivity index (χ0) is 21.8. The van der Waals surface area contributed by atoms with Gasteiger partial charge < -0.3 is 19.7 Å². The highest BCUT2D eigenvalue weighted by atomic mass is 19.1. The van der Waals surface area contributed by atoms with Crippen LogP contribution in [0.15, 0.2) is 48.3 Å². The van der Waals surface area contributed by atoms with Gasteiger partial charge in [-0.1, -0.05) is 6.92 Å². The van der Waals surface area contributed by atoms with Crippen LogP contribution >= 0.6 is 0 Å². The lowest BCUT2D eigenvalue weighted by Crippen LogP contribution is -2.68. The van der Waals surface area contributed by atoms with E-state index in [4.69, 9.17) is 4.74 Å². The molecule has 4 atom stereocenters. The first-order valence-corrected chi connectivity index (χ1v) is 9.87. The number of fused-ring (bicyclic) bond motifs is 1. The van der Waals surface area contributed by atoms with Crippen LogP contribution in [0.3, 0.4) is 0 Å². The predicted octanol–water partition coefficient (Wildman–Crippen LogP) is 3.80. The molecule has 1 aliphatic heterocycles. The van der Waals surface area contributed by atoms with Crippen LogP contribution in [0.1, 0.15) is 27.7 Å². The van der Waals surface area contributed by atoms with Crippen LogP contribution in [0.2, 0.25) is 0 Å². The molecule has 1 aromatic carbocycles. The van der Waals surface area contributed by atoms with Gasteiger partial charge in [-0.25, -0.2) is 13.8 Å². The van der Waals surface area contributed by atoms with Crippen molar-refractivity contribution >= 4 is 22.6 Å². The number of anilines is 1. The minimum Gasteiger partial charge on any atom is -0.491 e. The molecular weight excluding hydrogens is 392 g/mol. The number of carbonyl (C=O) groups excluding carboxylic acids is 1. The van der Waals surface area contributed by atoms with Crippen LogP contribution in [-0.4, -0.2) is 45.4 Å². The SMILES string of the molecule is C[C@H]1C(=O)N(c2ccc3nc[nH]c3c2)[C@H]1C1(C)C(F)=CC(OCC(C)(C)O)=CC1F. The largest absolute Gasteiger partial charge is 0.491 e. The van der Waals surface area contributed by atoms with Crippen molar-refractivity contribution in [2.45, 2.75) is 45.5 Å². The van der Waals surface area contributed by atoms with Crippen LogP contribution in [-0.2, 0) is 9.53 Å². The number of β-lactam (4-membered cyclic amide) rings is 1. The van der Waals surface area contributed by atoms with Gasteiger partial charge in [0, 0.05) is 11.8 Å². The van der Waals surface area contributed by atoms with Crippen molar-refractivity contribution in [1.29, 1.82) is 0 Å². The summed E-state index contributed by atoms with van der Waals surface area (Å²) in [5.41, 5.74) is -0.644. The Hall–Kier alpha value is -2.74. The molecular formula is C22H25F2N3O3. The normalized spacial score (nSPS) is 29.5. The molecule has 2 N–H and O–H groups in total. The van der Waals surface area contributed by atoms with Gasteiger partial charge in [-0.3, -0.25) is 4.79 Å². The van der Waals surface area contributed by atoms with Gasteiger partial charge in [0.1, 0.15) is 24.4 Å². The standard InChI is InChI=1S/C22H25F2N3O3/c1-12-19(27(20(12)28)13-5-6-15-16(7-13)26-11-25-15)22(4)17(23)8-14(9-18(22)24)30-10-21(2,3)29/h5-9,11-12,17,19,29H,10H2,1-4H3,(H,25,26)/t12-,17?,19-,22?/m1/s1. The quantitative estimate of drug-likeness (QED) is 0.726. The first kappa shape index (κ1) is 20.5. The number of carbonyl (C=O) groups is 1. The van der Waals surface area contributed by atoms with Gasteiger partial charge in [-0.15, -0.1) is 0 Å². The Kier molecular flexibility index (Phi) is 4.73. The van der Waals surface area contributed by atoms with E-state index in [2.05, 4.69) is 9.97 Å². The van der Waals surface area contributed by atoms with E-state index in [-0.39, 0.29) is 18.3 Å². The maximum Gasteiger partial charge on any atom is 0.232 e. The molecule has 0 bridgehead atoms. The van der Waals surface area contributed by atoms with Gasteiger partial charge in [0.25, 0.3) is 0 Å². The average Bonchev–Trinajstić information content (AvgIpc) is 3.14. The maximum atomic E-state index is 15.4. The number of alkyl halides is 1. The van der Waals surface area contributed by atoms with E-state index in [0.29, 0.717) is 5.69 Å². The van der Waals surface area contributed by atoms with Crippen LogP contribution in [0.5, 0.6) is 0 Å². The minimum absolute atomic E-state index is 0.0309. The minimum atomic E-state index is -1.71. The first-order chi connectivity index (χ1) is 14.0. The second kappa shape index (κ2) is 6.91. The summed E-state index contributed by atoms with van der Waals surface area (Å²) in [5, 5.41) is 9.79. The third-order valence-corrected chi connectivity index (χ3v) is 5.93. The smallest absolute Gasteiger partial charge is 0.232 e. The number of aromatic nitrogens is 2. The third kappa shape index (κ3) is 3.19. The first-order valence-electron chi connectivity index (χ1n) is 9.87. The highest BCUT2D eigenvalue weighted by Gasteiger charge is 2.60. The number of amides is 1. The molecule has 0 saturated carbocycles. The van der Waals surface area contributed by atoms with Crippen molar-refractivity contribution in [3.8, 4) is 0 Å². The fourth-order valence-electron chi connectivity index (χ4n) is 4.21. The number of rotatable bonds is 5. The number of nitrogens with one attached hydrogen (secondary N) is 1. The molecule has 160 valence electrons. The fraction of sp³-hybridized carbons (Fsp3) is 0.455. The molecule has 2 aliphatic rings. The molecule has 1 fully saturated rings. The monoisotopic (exact) mass is 417 g/mol. The Morgan fingerprint density at radius 2 is 2.13 bits per heavy atom. The summed E-state index contributed by atoms with van der Waals surface area (Å²) < 4.78 is 36.0. The Balaban J connectivity index is 1.65. The summed E-state index contributed by atoms with van der Waals surface area (Å²) >= 11 is 0. The number of hydrogen-bond donors (Lipinski definition) is 2. The topological polar surface area (TPSA) is 78.5 Å². The van der Waals surface area contributed by atoms with Crippen molar-refractivity contribution in [2.24, 2.45) is 11.3 Å². The molecule has 2 unspecified atom stereocenters. The van der Waals surface area contributed by atoms with E-state index in [9.17, 15) is 9.90 Å². The van der Waals surface area contributed by atoms with E-state index in [1.165, 1.54) is 17.9 Å². The summed E-state index contributed by atoms with van der Waals surface area (Å²) in [5.74, 6) is -1.39. The maximum absolute atomic E-state index is 15.4. The Morgan fingerprint density at radius 1 is 1.40 bits per heavy atom. The number of aromatic amines is 1. The summed E-state index contributed by atoms with van der Waals surface area (Å²) in [6, 6.07) is 4.55. The summed E-state index contributed by atoms with van der Waals surface area (Å²) in [6.45, 7) is 6.17. The van der Waals surface area contributed by atoms with Crippen LogP contribution in [0.25, 0.3) is 11.0 Å². The van der Waals surface area contributed by atoms with Gasteiger partial charge in [0.15, 0.2) is 0 Å². The number of halogens is 2. The van der Waals surface area contributed by atoms with Crippen LogP contribution in [0.4, 0.5) is 14.5 Å². The molecule has 2 aromatic rings. The molecule has 0 radical (unpaired) electrons. The molecule has 6 nitrogen and oxygen atoms in total. The van der Waals surface area contributed by atoms with Gasteiger partial charge in [-0.2, -0.15) is 0 Å². The van der Waals surface area contributed by atoms with Crippen molar-refractivity contribution < 1.29 is 23.4 Å². The number of hydrogen-bond acceptors (Lipinski definition) is 4.